The maximum atomic E-state index is 12.9. The van der Waals surface area contributed by atoms with Gasteiger partial charge in [-0.1, -0.05) is 24.3 Å². The predicted octanol–water partition coefficient (Wildman–Crippen LogP) is 4.68. The fourth-order valence-electron chi connectivity index (χ4n) is 4.50. The maximum Gasteiger partial charge on any atom is 0.261 e. The number of rotatable bonds is 6. The molecule has 0 saturated carbocycles. The second-order valence-electron chi connectivity index (χ2n) is 9.42. The number of aromatic amines is 1. The van der Waals surface area contributed by atoms with E-state index < -0.39 is 5.54 Å². The minimum absolute atomic E-state index is 0.240. The fraction of sp³-hybridized carbons (Fsp3) is 0.346. The van der Waals surface area contributed by atoms with Crippen LogP contribution in [0.2, 0.25) is 0 Å². The van der Waals surface area contributed by atoms with Gasteiger partial charge in [0.1, 0.15) is 22.7 Å². The first-order chi connectivity index (χ1) is 16.9. The normalized spacial score (nSPS) is 21.1. The molecule has 0 amide bonds. The summed E-state index contributed by atoms with van der Waals surface area (Å²) in [6.45, 7) is 4.12. The van der Waals surface area contributed by atoms with E-state index in [0.717, 1.165) is 37.4 Å². The summed E-state index contributed by atoms with van der Waals surface area (Å²) in [6.07, 6.45) is 10.4. The number of halogens is 1. The average molecular weight is 537 g/mol. The van der Waals surface area contributed by atoms with E-state index in [0.29, 0.717) is 33.6 Å². The molecule has 2 aliphatic rings. The van der Waals surface area contributed by atoms with Crippen molar-refractivity contribution in [1.82, 2.24) is 19.9 Å². The topological polar surface area (TPSA) is 95.2 Å². The van der Waals surface area contributed by atoms with Crippen molar-refractivity contribution in [2.45, 2.75) is 37.8 Å². The minimum Gasteiger partial charge on any atom is -0.458 e. The first-order valence-electron chi connectivity index (χ1n) is 11.8. The Balaban J connectivity index is 1.48. The van der Waals surface area contributed by atoms with Gasteiger partial charge in [0.15, 0.2) is 0 Å². The molecule has 8 nitrogen and oxygen atoms in total. The first-order valence-corrected chi connectivity index (χ1v) is 12.6. The predicted molar refractivity (Wildman–Crippen MR) is 143 cm³/mol. The molecule has 1 aliphatic heterocycles. The molecule has 5 rings (SSSR count). The van der Waals surface area contributed by atoms with Crippen LogP contribution >= 0.6 is 15.9 Å². The molecule has 3 aromatic rings. The third kappa shape index (κ3) is 5.41. The first kappa shape index (κ1) is 23.6. The van der Waals surface area contributed by atoms with Gasteiger partial charge in [-0.2, -0.15) is 4.98 Å². The number of nitrogens with one attached hydrogen (secondary N) is 3. The van der Waals surface area contributed by atoms with Crippen LogP contribution in [0.3, 0.4) is 0 Å². The Morgan fingerprint density at radius 2 is 1.97 bits per heavy atom. The van der Waals surface area contributed by atoms with E-state index in [9.17, 15) is 4.79 Å². The number of pyridine rings is 1. The molecule has 2 aromatic heterocycles. The summed E-state index contributed by atoms with van der Waals surface area (Å²) in [4.78, 5) is 27.4. The van der Waals surface area contributed by atoms with E-state index >= 15 is 0 Å². The van der Waals surface area contributed by atoms with Gasteiger partial charge in [-0.3, -0.25) is 4.79 Å². The van der Waals surface area contributed by atoms with Crippen LogP contribution in [0.4, 0.5) is 11.8 Å². The molecule has 1 atom stereocenters. The maximum absolute atomic E-state index is 12.9. The van der Waals surface area contributed by atoms with Crippen LogP contribution in [-0.4, -0.2) is 51.6 Å². The lowest BCUT2D eigenvalue weighted by Crippen LogP contribution is -2.37. The van der Waals surface area contributed by atoms with Crippen LogP contribution in [0.1, 0.15) is 26.2 Å². The van der Waals surface area contributed by atoms with Crippen molar-refractivity contribution >= 4 is 38.6 Å². The van der Waals surface area contributed by atoms with E-state index in [1.807, 2.05) is 42.5 Å². The quantitative estimate of drug-likeness (QED) is 0.420. The van der Waals surface area contributed by atoms with Gasteiger partial charge in [-0.05, 0) is 86.5 Å². The third-order valence-corrected chi connectivity index (χ3v) is 7.02. The molecule has 1 unspecified atom stereocenters. The zero-order valence-corrected chi connectivity index (χ0v) is 21.4. The van der Waals surface area contributed by atoms with Gasteiger partial charge >= 0.3 is 0 Å². The Bertz CT molecular complexity index is 1330. The van der Waals surface area contributed by atoms with Crippen molar-refractivity contribution in [2.24, 2.45) is 0 Å². The Hall–Kier alpha value is -3.17. The van der Waals surface area contributed by atoms with Gasteiger partial charge in [0, 0.05) is 12.2 Å². The number of piperidine rings is 1. The molecule has 0 spiro atoms. The second-order valence-corrected chi connectivity index (χ2v) is 10.3. The van der Waals surface area contributed by atoms with Crippen LogP contribution in [0.25, 0.3) is 10.9 Å². The Labute approximate surface area is 212 Å². The van der Waals surface area contributed by atoms with Crippen LogP contribution < -0.4 is 20.9 Å². The summed E-state index contributed by atoms with van der Waals surface area (Å²) >= 11 is 3.55. The number of nitrogens with zero attached hydrogens (tertiary/aromatic N) is 3. The van der Waals surface area contributed by atoms with Gasteiger partial charge in [-0.25, -0.2) is 4.98 Å². The summed E-state index contributed by atoms with van der Waals surface area (Å²) in [5, 5.41) is 7.44. The molecule has 9 heteroatoms. The Morgan fingerprint density at radius 3 is 2.74 bits per heavy atom. The number of ether oxygens (including phenoxy) is 1. The van der Waals surface area contributed by atoms with Gasteiger partial charge in [0.2, 0.25) is 5.95 Å². The van der Waals surface area contributed by atoms with Crippen molar-refractivity contribution in [3.63, 3.8) is 0 Å². The van der Waals surface area contributed by atoms with Crippen LogP contribution in [0.5, 0.6) is 5.75 Å². The molecule has 1 fully saturated rings. The summed E-state index contributed by atoms with van der Waals surface area (Å²) in [6, 6.07) is 9.97. The van der Waals surface area contributed by atoms with Crippen molar-refractivity contribution in [2.75, 3.05) is 30.8 Å². The summed E-state index contributed by atoms with van der Waals surface area (Å²) in [7, 11) is 2.14. The lowest BCUT2D eigenvalue weighted by molar-refractivity contribution is 0.263. The molecule has 182 valence electrons. The van der Waals surface area contributed by atoms with Crippen molar-refractivity contribution in [3.05, 3.63) is 75.3 Å². The third-order valence-electron chi connectivity index (χ3n) is 6.41. The highest BCUT2D eigenvalue weighted by atomic mass is 79.9. The van der Waals surface area contributed by atoms with Crippen LogP contribution in [0.15, 0.2) is 69.8 Å². The van der Waals surface area contributed by atoms with E-state index in [2.05, 4.69) is 56.5 Å². The highest BCUT2D eigenvalue weighted by Gasteiger charge is 2.27. The molecule has 0 radical (unpaired) electrons. The summed E-state index contributed by atoms with van der Waals surface area (Å²) < 4.78 is 6.77. The number of hydrogen-bond acceptors (Lipinski definition) is 7. The van der Waals surface area contributed by atoms with E-state index in [1.54, 1.807) is 6.20 Å². The Kier molecular flexibility index (Phi) is 6.62. The molecular formula is C26H29BrN6O2. The molecule has 1 saturated heterocycles. The monoisotopic (exact) mass is 536 g/mol. The number of aromatic nitrogens is 3. The number of hydrogen-bond donors (Lipinski definition) is 3. The summed E-state index contributed by atoms with van der Waals surface area (Å²) in [5.41, 5.74) is -0.183. The molecule has 3 N–H and O–H groups in total. The SMILES string of the molecule is CN1CCC(Nc2nc(NC3(C)C=C(Oc4ccccc4)C=CC3)c3c(=O)[nH]cc(Br)c3n2)CC1. The average Bonchev–Trinajstić information content (AvgIpc) is 2.83. The second kappa shape index (κ2) is 9.83. The van der Waals surface area contributed by atoms with Gasteiger partial charge in [-0.15, -0.1) is 0 Å². The number of anilines is 2. The zero-order valence-electron chi connectivity index (χ0n) is 19.8. The highest BCUT2D eigenvalue weighted by molar-refractivity contribution is 9.10. The minimum atomic E-state index is -0.514. The van der Waals surface area contributed by atoms with Crippen LogP contribution in [0, 0.1) is 0 Å². The van der Waals surface area contributed by atoms with E-state index in [1.165, 1.54) is 0 Å². The van der Waals surface area contributed by atoms with Crippen molar-refractivity contribution in [1.29, 1.82) is 0 Å². The standard InChI is InChI=1S/C26H29BrN6O2/c1-26(12-6-9-19(15-26)35-18-7-4-3-5-8-18)32-23-21-22(20(27)16-28-24(21)34)30-25(31-23)29-17-10-13-33(2)14-11-17/h3-9,15-17H,10-14H2,1-2H3,(H,28,34)(H2,29,30,31,32). The molecule has 1 aromatic carbocycles. The fourth-order valence-corrected chi connectivity index (χ4v) is 4.90. The van der Waals surface area contributed by atoms with Gasteiger partial charge in [0.05, 0.1) is 15.5 Å². The van der Waals surface area contributed by atoms with Gasteiger partial charge < -0.3 is 25.3 Å². The lowest BCUT2D eigenvalue weighted by atomic mass is 9.92. The number of fused-ring (bicyclic) bond motifs is 1. The van der Waals surface area contributed by atoms with Crippen LogP contribution in [-0.2, 0) is 0 Å². The van der Waals surface area contributed by atoms with E-state index in [-0.39, 0.29) is 11.6 Å². The van der Waals surface area contributed by atoms with Crippen molar-refractivity contribution < 1.29 is 4.74 Å². The zero-order chi connectivity index (χ0) is 24.4. The Morgan fingerprint density at radius 1 is 1.20 bits per heavy atom. The lowest BCUT2D eigenvalue weighted by Gasteiger charge is -2.31. The molecule has 35 heavy (non-hydrogen) atoms. The highest BCUT2D eigenvalue weighted by Crippen LogP contribution is 2.31. The van der Waals surface area contributed by atoms with E-state index in [4.69, 9.17) is 14.7 Å². The number of benzene rings is 1. The smallest absolute Gasteiger partial charge is 0.261 e. The number of para-hydroxylation sites is 1. The number of allylic oxidation sites excluding steroid dienone is 1. The largest absolute Gasteiger partial charge is 0.458 e. The molecular weight excluding hydrogens is 508 g/mol. The van der Waals surface area contributed by atoms with Crippen molar-refractivity contribution in [3.8, 4) is 5.75 Å². The summed E-state index contributed by atoms with van der Waals surface area (Å²) in [5.74, 6) is 2.50. The molecule has 0 bridgehead atoms. The molecule has 3 heterocycles. The number of likely N-dealkylation sites (tertiary alicyclic amines) is 1. The van der Waals surface area contributed by atoms with Gasteiger partial charge in [0.25, 0.3) is 5.56 Å². The molecule has 1 aliphatic carbocycles. The number of H-pyrrole nitrogens is 1.